The molecule has 2 rings (SSSR count). The van der Waals surface area contributed by atoms with Gasteiger partial charge in [-0.3, -0.25) is 14.9 Å². The van der Waals surface area contributed by atoms with Crippen molar-refractivity contribution in [2.45, 2.75) is 13.3 Å². The quantitative estimate of drug-likeness (QED) is 0.403. The van der Waals surface area contributed by atoms with Gasteiger partial charge in [0.1, 0.15) is 5.56 Å². The number of benzene rings is 2. The van der Waals surface area contributed by atoms with Crippen LogP contribution in [0.5, 0.6) is 11.5 Å². The molecule has 0 heterocycles. The summed E-state index contributed by atoms with van der Waals surface area (Å²) >= 11 is 0. The highest BCUT2D eigenvalue weighted by molar-refractivity contribution is 5.99. The number of nitrogen functional groups attached to an aromatic ring is 1. The molecular weight excluding hydrogens is 374 g/mol. The number of nitrogens with zero attached hydrogens (tertiary/aromatic N) is 1. The van der Waals surface area contributed by atoms with Crippen LogP contribution in [-0.2, 0) is 6.42 Å². The van der Waals surface area contributed by atoms with E-state index in [-0.39, 0.29) is 35.2 Å². The summed E-state index contributed by atoms with van der Waals surface area (Å²) < 4.78 is 10.5. The van der Waals surface area contributed by atoms with Crippen molar-refractivity contribution in [2.24, 2.45) is 0 Å². The summed E-state index contributed by atoms with van der Waals surface area (Å²) in [6.07, 6.45) is 0.578. The van der Waals surface area contributed by atoms with Crippen molar-refractivity contribution in [2.75, 3.05) is 26.0 Å². The van der Waals surface area contributed by atoms with Gasteiger partial charge >= 0.3 is 0 Å². The highest BCUT2D eigenvalue weighted by Crippen LogP contribution is 2.34. The van der Waals surface area contributed by atoms with Gasteiger partial charge < -0.3 is 20.5 Å². The number of nitro groups is 1. The third kappa shape index (κ3) is 5.75. The first-order valence-electron chi connectivity index (χ1n) is 8.08. The Morgan fingerprint density at radius 2 is 1.89 bits per heavy atom. The Bertz CT molecular complexity index is 796. The largest absolute Gasteiger partial charge is 0.493 e. The maximum atomic E-state index is 12.4. The number of hydrogen-bond acceptors (Lipinski definition) is 6. The number of amides is 1. The molecule has 0 saturated heterocycles. The number of nitrogens with two attached hydrogens (primary N) is 1. The van der Waals surface area contributed by atoms with Gasteiger partial charge in [0, 0.05) is 18.3 Å². The molecule has 8 nitrogen and oxygen atoms in total. The summed E-state index contributed by atoms with van der Waals surface area (Å²) in [5.74, 6) is -0.0583. The van der Waals surface area contributed by atoms with Crippen LogP contribution in [0, 0.1) is 10.1 Å². The molecule has 27 heavy (non-hydrogen) atoms. The van der Waals surface area contributed by atoms with E-state index in [9.17, 15) is 14.9 Å². The zero-order chi connectivity index (χ0) is 19.1. The molecule has 1 amide bonds. The lowest BCUT2D eigenvalue weighted by molar-refractivity contribution is -0.385. The van der Waals surface area contributed by atoms with E-state index in [0.29, 0.717) is 25.3 Å². The minimum absolute atomic E-state index is 0. The molecule has 2 aromatic carbocycles. The molecule has 9 heteroatoms. The van der Waals surface area contributed by atoms with Gasteiger partial charge in [-0.15, -0.1) is 12.4 Å². The average Bonchev–Trinajstić information content (AvgIpc) is 2.63. The van der Waals surface area contributed by atoms with E-state index in [4.69, 9.17) is 15.2 Å². The summed E-state index contributed by atoms with van der Waals surface area (Å²) in [6, 6.07) is 9.81. The molecular formula is C18H22ClN3O5. The zero-order valence-corrected chi connectivity index (χ0v) is 15.9. The molecule has 0 aliphatic carbocycles. The van der Waals surface area contributed by atoms with Crippen LogP contribution >= 0.6 is 12.4 Å². The van der Waals surface area contributed by atoms with Crippen LogP contribution in [-0.4, -0.2) is 31.1 Å². The molecule has 0 aliphatic rings. The van der Waals surface area contributed by atoms with Crippen molar-refractivity contribution < 1.29 is 19.2 Å². The normalized spacial score (nSPS) is 9.85. The molecule has 0 fully saturated rings. The molecule has 0 atom stereocenters. The van der Waals surface area contributed by atoms with Gasteiger partial charge in [0.05, 0.1) is 24.7 Å². The van der Waals surface area contributed by atoms with E-state index < -0.39 is 10.8 Å². The predicted octanol–water partition coefficient (Wildman–Crippen LogP) is 2.98. The van der Waals surface area contributed by atoms with Crippen LogP contribution in [0.2, 0.25) is 0 Å². The Labute approximate surface area is 163 Å². The molecule has 0 spiro atoms. The summed E-state index contributed by atoms with van der Waals surface area (Å²) in [5.41, 5.74) is 6.88. The number of anilines is 1. The second-order valence-electron chi connectivity index (χ2n) is 5.46. The number of rotatable bonds is 8. The van der Waals surface area contributed by atoms with E-state index >= 15 is 0 Å². The molecule has 0 aromatic heterocycles. The third-order valence-corrected chi connectivity index (χ3v) is 3.70. The number of nitrogens with one attached hydrogen (secondary N) is 1. The lowest BCUT2D eigenvalue weighted by Gasteiger charge is -2.12. The average molecular weight is 396 g/mol. The molecule has 0 unspecified atom stereocenters. The smallest absolute Gasteiger partial charge is 0.286 e. The topological polar surface area (TPSA) is 117 Å². The van der Waals surface area contributed by atoms with Crippen LogP contribution < -0.4 is 20.5 Å². The van der Waals surface area contributed by atoms with Gasteiger partial charge in [-0.25, -0.2) is 0 Å². The number of carbonyl (C=O) groups excluding carboxylic acids is 1. The summed E-state index contributed by atoms with van der Waals surface area (Å²) in [4.78, 5) is 23.1. The SMILES string of the molecule is CCOc1cc(C(=O)NCCc2ccc(N)cc2)c([N+](=O)[O-])cc1OC.Cl. The second kappa shape index (κ2) is 10.2. The van der Waals surface area contributed by atoms with Crippen molar-refractivity contribution in [1.29, 1.82) is 0 Å². The van der Waals surface area contributed by atoms with Gasteiger partial charge in [0.2, 0.25) is 0 Å². The van der Waals surface area contributed by atoms with Gasteiger partial charge in [-0.2, -0.15) is 0 Å². The Morgan fingerprint density at radius 3 is 2.44 bits per heavy atom. The van der Waals surface area contributed by atoms with E-state index in [2.05, 4.69) is 5.32 Å². The van der Waals surface area contributed by atoms with Crippen molar-refractivity contribution >= 4 is 29.7 Å². The Hall–Kier alpha value is -3.00. The van der Waals surface area contributed by atoms with Crippen molar-refractivity contribution in [1.82, 2.24) is 5.32 Å². The number of methoxy groups -OCH3 is 1. The molecule has 3 N–H and O–H groups in total. The van der Waals surface area contributed by atoms with Gasteiger partial charge in [-0.05, 0) is 31.0 Å². The van der Waals surface area contributed by atoms with Crippen molar-refractivity contribution in [3.8, 4) is 11.5 Å². The van der Waals surface area contributed by atoms with Crippen LogP contribution in [0.1, 0.15) is 22.8 Å². The van der Waals surface area contributed by atoms with E-state index in [1.165, 1.54) is 19.2 Å². The first-order chi connectivity index (χ1) is 12.5. The molecule has 0 radical (unpaired) electrons. The Kier molecular flexibility index (Phi) is 8.34. The molecule has 0 aliphatic heterocycles. The molecule has 2 aromatic rings. The second-order valence-corrected chi connectivity index (χ2v) is 5.46. The highest BCUT2D eigenvalue weighted by Gasteiger charge is 2.24. The van der Waals surface area contributed by atoms with Crippen LogP contribution in [0.3, 0.4) is 0 Å². The van der Waals surface area contributed by atoms with Crippen LogP contribution in [0.15, 0.2) is 36.4 Å². The number of nitro benzene ring substituents is 1. The van der Waals surface area contributed by atoms with Gasteiger partial charge in [-0.1, -0.05) is 12.1 Å². The van der Waals surface area contributed by atoms with E-state index in [1.54, 1.807) is 19.1 Å². The molecule has 0 saturated carbocycles. The zero-order valence-electron chi connectivity index (χ0n) is 15.1. The monoisotopic (exact) mass is 395 g/mol. The van der Waals surface area contributed by atoms with E-state index in [0.717, 1.165) is 5.56 Å². The van der Waals surface area contributed by atoms with Gasteiger partial charge in [0.15, 0.2) is 11.5 Å². The van der Waals surface area contributed by atoms with E-state index in [1.807, 2.05) is 12.1 Å². The lowest BCUT2D eigenvalue weighted by atomic mass is 10.1. The maximum absolute atomic E-state index is 12.4. The predicted molar refractivity (Wildman–Crippen MR) is 105 cm³/mol. The number of halogens is 1. The lowest BCUT2D eigenvalue weighted by Crippen LogP contribution is -2.26. The van der Waals surface area contributed by atoms with Crippen molar-refractivity contribution in [3.05, 3.63) is 57.6 Å². The first kappa shape index (κ1) is 22.0. The summed E-state index contributed by atoms with van der Waals surface area (Å²) in [5, 5.41) is 14.0. The Morgan fingerprint density at radius 1 is 1.22 bits per heavy atom. The fraction of sp³-hybridized carbons (Fsp3) is 0.278. The third-order valence-electron chi connectivity index (χ3n) is 3.70. The van der Waals surface area contributed by atoms with Gasteiger partial charge in [0.25, 0.3) is 11.6 Å². The number of carbonyl (C=O) groups is 1. The fourth-order valence-electron chi connectivity index (χ4n) is 2.41. The summed E-state index contributed by atoms with van der Waals surface area (Å²) in [7, 11) is 1.38. The fourth-order valence-corrected chi connectivity index (χ4v) is 2.41. The summed E-state index contributed by atoms with van der Waals surface area (Å²) in [6.45, 7) is 2.44. The molecule has 146 valence electrons. The minimum atomic E-state index is -0.618. The first-order valence-corrected chi connectivity index (χ1v) is 8.08. The standard InChI is InChI=1S/C18H21N3O5.ClH/c1-3-26-17-10-14(15(21(23)24)11-16(17)25-2)18(22)20-9-8-12-4-6-13(19)7-5-12;/h4-7,10-11H,3,8-9,19H2,1-2H3,(H,20,22);1H. The molecule has 0 bridgehead atoms. The Balaban J connectivity index is 0.00000364. The number of ether oxygens (including phenoxy) is 2. The highest BCUT2D eigenvalue weighted by atomic mass is 35.5. The maximum Gasteiger partial charge on any atom is 0.286 e. The van der Waals surface area contributed by atoms with Crippen LogP contribution in [0.25, 0.3) is 0 Å². The number of hydrogen-bond donors (Lipinski definition) is 2. The van der Waals surface area contributed by atoms with Crippen molar-refractivity contribution in [3.63, 3.8) is 0 Å². The van der Waals surface area contributed by atoms with Crippen LogP contribution in [0.4, 0.5) is 11.4 Å². The minimum Gasteiger partial charge on any atom is -0.493 e.